The van der Waals surface area contributed by atoms with Gasteiger partial charge in [0.25, 0.3) is 0 Å². The summed E-state index contributed by atoms with van der Waals surface area (Å²) in [5, 5.41) is 0.988. The molecular weight excluding hydrogens is 164 g/mol. The number of ether oxygens (including phenoxy) is 1. The van der Waals surface area contributed by atoms with Crippen molar-refractivity contribution in [3.05, 3.63) is 30.5 Å². The second kappa shape index (κ2) is 2.94. The number of fused-ring (bicyclic) bond motifs is 1. The molecule has 0 fully saturated rings. The van der Waals surface area contributed by atoms with Gasteiger partial charge in [-0.15, -0.1) is 0 Å². The molecule has 66 valence electrons. The molecule has 1 aromatic heterocycles. The molecule has 1 aromatic carbocycles. The molecule has 0 atom stereocenters. The van der Waals surface area contributed by atoms with Crippen LogP contribution in [0.5, 0.6) is 5.75 Å². The Morgan fingerprint density at radius 2 is 2.23 bits per heavy atom. The first-order valence-electron chi connectivity index (χ1n) is 4.05. The second-order valence-corrected chi connectivity index (χ2v) is 2.85. The van der Waals surface area contributed by atoms with Crippen LogP contribution in [-0.2, 0) is 0 Å². The monoisotopic (exact) mass is 175 g/mol. The summed E-state index contributed by atoms with van der Waals surface area (Å²) in [5.74, 6) is 0.783. The van der Waals surface area contributed by atoms with Gasteiger partial charge < -0.3 is 10.5 Å². The van der Waals surface area contributed by atoms with Crippen molar-refractivity contribution >= 4 is 16.6 Å². The van der Waals surface area contributed by atoms with E-state index in [9.17, 15) is 0 Å². The SMILES string of the molecule is COc1c[nH+]c2cccc(N)c2c1. The zero-order valence-electron chi connectivity index (χ0n) is 7.37. The molecule has 0 aliphatic heterocycles. The summed E-state index contributed by atoms with van der Waals surface area (Å²) in [6, 6.07) is 7.68. The molecule has 0 saturated carbocycles. The number of benzene rings is 1. The highest BCUT2D eigenvalue weighted by atomic mass is 16.5. The number of rotatable bonds is 1. The van der Waals surface area contributed by atoms with Gasteiger partial charge in [-0.2, -0.15) is 0 Å². The number of nitrogens with one attached hydrogen (secondary N) is 1. The Bertz CT molecular complexity index is 440. The van der Waals surface area contributed by atoms with Crippen molar-refractivity contribution < 1.29 is 9.72 Å². The average Bonchev–Trinajstić information content (AvgIpc) is 2.18. The number of hydrogen-bond acceptors (Lipinski definition) is 2. The maximum absolute atomic E-state index is 5.80. The number of nitrogen functional groups attached to an aromatic ring is 1. The number of H-pyrrole nitrogens is 1. The molecule has 0 radical (unpaired) electrons. The Labute approximate surface area is 76.2 Å². The fourth-order valence-electron chi connectivity index (χ4n) is 1.32. The van der Waals surface area contributed by atoms with E-state index >= 15 is 0 Å². The van der Waals surface area contributed by atoms with Gasteiger partial charge in [0.1, 0.15) is 0 Å². The van der Waals surface area contributed by atoms with Crippen LogP contribution in [-0.4, -0.2) is 7.11 Å². The summed E-state index contributed by atoms with van der Waals surface area (Å²) >= 11 is 0. The molecule has 0 bridgehead atoms. The van der Waals surface area contributed by atoms with Crippen molar-refractivity contribution in [3.8, 4) is 5.75 Å². The molecule has 0 aliphatic rings. The van der Waals surface area contributed by atoms with Crippen molar-refractivity contribution in [2.45, 2.75) is 0 Å². The molecule has 0 amide bonds. The van der Waals surface area contributed by atoms with Crippen LogP contribution in [0.25, 0.3) is 10.9 Å². The van der Waals surface area contributed by atoms with E-state index in [0.29, 0.717) is 0 Å². The summed E-state index contributed by atoms with van der Waals surface area (Å²) < 4.78 is 5.09. The predicted molar refractivity (Wildman–Crippen MR) is 51.5 cm³/mol. The van der Waals surface area contributed by atoms with Crippen molar-refractivity contribution in [3.63, 3.8) is 0 Å². The van der Waals surface area contributed by atoms with E-state index in [4.69, 9.17) is 10.5 Å². The number of aromatic amines is 1. The largest absolute Gasteiger partial charge is 0.491 e. The minimum Gasteiger partial charge on any atom is -0.491 e. The predicted octanol–water partition coefficient (Wildman–Crippen LogP) is 1.24. The molecular formula is C10H11N2O+. The lowest BCUT2D eigenvalue weighted by molar-refractivity contribution is -0.345. The van der Waals surface area contributed by atoms with E-state index < -0.39 is 0 Å². The van der Waals surface area contributed by atoms with Crippen LogP contribution >= 0.6 is 0 Å². The Morgan fingerprint density at radius 3 is 3.00 bits per heavy atom. The number of hydrogen-bond donors (Lipinski definition) is 1. The lowest BCUT2D eigenvalue weighted by Crippen LogP contribution is -2.04. The third-order valence-corrected chi connectivity index (χ3v) is 2.03. The van der Waals surface area contributed by atoms with E-state index in [1.54, 1.807) is 7.11 Å². The molecule has 2 rings (SSSR count). The minimum absolute atomic E-state index is 0.757. The molecule has 0 unspecified atom stereocenters. The molecule has 2 aromatic rings. The highest BCUT2D eigenvalue weighted by Gasteiger charge is 2.04. The molecule has 0 saturated heterocycles. The Balaban J connectivity index is 2.74. The highest BCUT2D eigenvalue weighted by molar-refractivity contribution is 5.88. The number of nitrogens with two attached hydrogens (primary N) is 1. The van der Waals surface area contributed by atoms with Crippen LogP contribution in [0.4, 0.5) is 5.69 Å². The van der Waals surface area contributed by atoms with Gasteiger partial charge in [-0.05, 0) is 6.07 Å². The van der Waals surface area contributed by atoms with E-state index in [1.807, 2.05) is 30.5 Å². The van der Waals surface area contributed by atoms with Gasteiger partial charge in [0.05, 0.1) is 12.5 Å². The minimum atomic E-state index is 0.757. The second-order valence-electron chi connectivity index (χ2n) is 2.85. The van der Waals surface area contributed by atoms with E-state index in [2.05, 4.69) is 4.98 Å². The van der Waals surface area contributed by atoms with Crippen LogP contribution in [0.15, 0.2) is 30.5 Å². The average molecular weight is 175 g/mol. The summed E-state index contributed by atoms with van der Waals surface area (Å²) in [7, 11) is 1.63. The van der Waals surface area contributed by atoms with Crippen LogP contribution in [0.3, 0.4) is 0 Å². The molecule has 13 heavy (non-hydrogen) atoms. The third kappa shape index (κ3) is 1.28. The van der Waals surface area contributed by atoms with Crippen molar-refractivity contribution in [1.82, 2.24) is 0 Å². The smallest absolute Gasteiger partial charge is 0.213 e. The zero-order valence-corrected chi connectivity index (χ0v) is 7.37. The molecule has 3 heteroatoms. The van der Waals surface area contributed by atoms with Gasteiger partial charge in [-0.1, -0.05) is 6.07 Å². The van der Waals surface area contributed by atoms with Gasteiger partial charge in [0.2, 0.25) is 11.7 Å². The maximum Gasteiger partial charge on any atom is 0.213 e. The fourth-order valence-corrected chi connectivity index (χ4v) is 1.32. The maximum atomic E-state index is 5.80. The van der Waals surface area contributed by atoms with Crippen LogP contribution in [0.1, 0.15) is 0 Å². The number of pyridine rings is 1. The molecule has 1 heterocycles. The van der Waals surface area contributed by atoms with Crippen LogP contribution in [0, 0.1) is 0 Å². The standard InChI is InChI=1S/C10H10N2O/c1-13-7-5-8-9(11)3-2-4-10(8)12-6-7/h2-6H,11H2,1H3/p+1. The van der Waals surface area contributed by atoms with Crippen LogP contribution in [0.2, 0.25) is 0 Å². The van der Waals surface area contributed by atoms with E-state index in [0.717, 1.165) is 22.3 Å². The number of methoxy groups -OCH3 is 1. The Kier molecular flexibility index (Phi) is 1.77. The first-order valence-corrected chi connectivity index (χ1v) is 4.05. The topological polar surface area (TPSA) is 49.4 Å². The third-order valence-electron chi connectivity index (χ3n) is 2.03. The number of aromatic nitrogens is 1. The Hall–Kier alpha value is -1.77. The number of anilines is 1. The lowest BCUT2D eigenvalue weighted by Gasteiger charge is -1.99. The Morgan fingerprint density at radius 1 is 1.38 bits per heavy atom. The molecule has 0 aliphatic carbocycles. The fraction of sp³-hybridized carbons (Fsp3) is 0.100. The summed E-state index contributed by atoms with van der Waals surface area (Å²) in [4.78, 5) is 3.11. The van der Waals surface area contributed by atoms with Gasteiger partial charge in [-0.25, -0.2) is 4.98 Å². The quantitative estimate of drug-likeness (QED) is 0.663. The highest BCUT2D eigenvalue weighted by Crippen LogP contribution is 2.20. The van der Waals surface area contributed by atoms with Crippen LogP contribution < -0.4 is 15.5 Å². The molecule has 0 spiro atoms. The first kappa shape index (κ1) is 7.86. The zero-order chi connectivity index (χ0) is 9.26. The van der Waals surface area contributed by atoms with E-state index in [1.165, 1.54) is 0 Å². The lowest BCUT2D eigenvalue weighted by atomic mass is 10.2. The van der Waals surface area contributed by atoms with Gasteiger partial charge in [-0.3, -0.25) is 0 Å². The van der Waals surface area contributed by atoms with Crippen molar-refractivity contribution in [2.75, 3.05) is 12.8 Å². The van der Waals surface area contributed by atoms with E-state index in [-0.39, 0.29) is 0 Å². The normalized spacial score (nSPS) is 10.2. The van der Waals surface area contributed by atoms with Crippen molar-refractivity contribution in [1.29, 1.82) is 0 Å². The molecule has 3 nitrogen and oxygen atoms in total. The summed E-state index contributed by atoms with van der Waals surface area (Å²) in [6.07, 6.45) is 1.81. The van der Waals surface area contributed by atoms with Gasteiger partial charge >= 0.3 is 0 Å². The van der Waals surface area contributed by atoms with Crippen molar-refractivity contribution in [2.24, 2.45) is 0 Å². The summed E-state index contributed by atoms with van der Waals surface area (Å²) in [5.41, 5.74) is 7.58. The molecule has 3 N–H and O–H groups in total. The van der Waals surface area contributed by atoms with Gasteiger partial charge in [0, 0.05) is 17.8 Å². The first-order chi connectivity index (χ1) is 6.31. The van der Waals surface area contributed by atoms with Gasteiger partial charge in [0.15, 0.2) is 5.75 Å². The summed E-state index contributed by atoms with van der Waals surface area (Å²) in [6.45, 7) is 0.